The average Bonchev–Trinajstić information content (AvgIpc) is 3.61. The maximum atomic E-state index is 13.6. The van der Waals surface area contributed by atoms with Crippen LogP contribution in [0.5, 0.6) is 0 Å². The summed E-state index contributed by atoms with van der Waals surface area (Å²) in [7, 11) is 0. The van der Waals surface area contributed by atoms with Gasteiger partial charge in [0.25, 0.3) is 5.56 Å². The second kappa shape index (κ2) is 9.42. The topological polar surface area (TPSA) is 90.9 Å². The number of aromatic nitrogens is 4. The van der Waals surface area contributed by atoms with Crippen molar-refractivity contribution in [3.63, 3.8) is 0 Å². The first-order chi connectivity index (χ1) is 16.5. The molecule has 1 saturated carbocycles. The Bertz CT molecular complexity index is 1410. The summed E-state index contributed by atoms with van der Waals surface area (Å²) in [5.41, 5.74) is 0.683. The smallest absolute Gasteiger partial charge is 0.333 e. The largest absolute Gasteiger partial charge is 0.347 e. The molecule has 3 heterocycles. The van der Waals surface area contributed by atoms with Crippen LogP contribution in [-0.4, -0.2) is 24.6 Å². The van der Waals surface area contributed by atoms with E-state index in [-0.39, 0.29) is 31.1 Å². The predicted molar refractivity (Wildman–Crippen MR) is 132 cm³/mol. The summed E-state index contributed by atoms with van der Waals surface area (Å²) in [6, 6.07) is 13.4. The van der Waals surface area contributed by atoms with E-state index >= 15 is 0 Å². The van der Waals surface area contributed by atoms with Crippen molar-refractivity contribution in [1.82, 2.24) is 24.0 Å². The number of thiophene rings is 1. The number of hydrogen-bond donors (Lipinski definition) is 1. The van der Waals surface area contributed by atoms with Gasteiger partial charge in [0.2, 0.25) is 5.91 Å². The highest BCUT2D eigenvalue weighted by Crippen LogP contribution is 2.31. The molecule has 0 radical (unpaired) electrons. The van der Waals surface area contributed by atoms with Crippen molar-refractivity contribution in [2.75, 3.05) is 0 Å². The van der Waals surface area contributed by atoms with E-state index in [1.807, 2.05) is 59.3 Å². The zero-order valence-corrected chi connectivity index (χ0v) is 19.8. The van der Waals surface area contributed by atoms with Crippen LogP contribution in [0, 0.1) is 0 Å². The Labute approximate surface area is 200 Å². The quantitative estimate of drug-likeness (QED) is 0.441. The Morgan fingerprint density at radius 3 is 2.59 bits per heavy atom. The Hall–Kier alpha value is -3.46. The van der Waals surface area contributed by atoms with Crippen LogP contribution in [0.15, 0.2) is 63.8 Å². The number of imidazole rings is 1. The number of carbonyl (C=O) groups excluding carboxylic acids is 1. The number of fused-ring (bicyclic) bond motifs is 1. The van der Waals surface area contributed by atoms with E-state index in [0.29, 0.717) is 11.2 Å². The molecule has 1 unspecified atom stereocenters. The molecule has 176 valence electrons. The Kier molecular flexibility index (Phi) is 6.19. The molecule has 1 aliphatic rings. The summed E-state index contributed by atoms with van der Waals surface area (Å²) in [6.07, 6.45) is 5.83. The number of amides is 1. The van der Waals surface area contributed by atoms with Crippen LogP contribution in [0.3, 0.4) is 0 Å². The van der Waals surface area contributed by atoms with E-state index in [1.165, 1.54) is 4.57 Å². The van der Waals surface area contributed by atoms with Crippen LogP contribution in [0.4, 0.5) is 0 Å². The number of nitrogens with one attached hydrogen (secondary N) is 1. The van der Waals surface area contributed by atoms with E-state index in [9.17, 15) is 14.4 Å². The van der Waals surface area contributed by atoms with Gasteiger partial charge in [0.15, 0.2) is 11.2 Å². The van der Waals surface area contributed by atoms with Crippen LogP contribution in [0.25, 0.3) is 11.2 Å². The van der Waals surface area contributed by atoms with E-state index in [2.05, 4.69) is 10.3 Å². The summed E-state index contributed by atoms with van der Waals surface area (Å²) >= 11 is 1.55. The highest BCUT2D eigenvalue weighted by atomic mass is 32.1. The van der Waals surface area contributed by atoms with Crippen molar-refractivity contribution in [2.24, 2.45) is 0 Å². The minimum absolute atomic E-state index is 0.182. The average molecular weight is 478 g/mol. The van der Waals surface area contributed by atoms with E-state index in [0.717, 1.165) is 40.7 Å². The van der Waals surface area contributed by atoms with E-state index in [4.69, 9.17) is 0 Å². The molecule has 5 rings (SSSR count). The molecule has 0 bridgehead atoms. The zero-order chi connectivity index (χ0) is 23.7. The lowest BCUT2D eigenvalue weighted by atomic mass is 10.2. The molecule has 0 saturated heterocycles. The van der Waals surface area contributed by atoms with Crippen LogP contribution in [0.2, 0.25) is 0 Å². The highest BCUT2D eigenvalue weighted by molar-refractivity contribution is 7.10. The maximum Gasteiger partial charge on any atom is 0.333 e. The van der Waals surface area contributed by atoms with Gasteiger partial charge in [-0.25, -0.2) is 14.3 Å². The van der Waals surface area contributed by atoms with Gasteiger partial charge in [-0.15, -0.1) is 11.3 Å². The predicted octanol–water partition coefficient (Wildman–Crippen LogP) is 3.46. The molecule has 8 nitrogen and oxygen atoms in total. The van der Waals surface area contributed by atoms with Gasteiger partial charge in [0.1, 0.15) is 6.54 Å². The molecule has 1 amide bonds. The zero-order valence-electron chi connectivity index (χ0n) is 19.0. The maximum absolute atomic E-state index is 13.6. The fourth-order valence-electron chi connectivity index (χ4n) is 4.75. The third-order valence-electron chi connectivity index (χ3n) is 6.49. The lowest BCUT2D eigenvalue weighted by Gasteiger charge is -2.16. The summed E-state index contributed by atoms with van der Waals surface area (Å²) in [6.45, 7) is 1.82. The summed E-state index contributed by atoms with van der Waals surface area (Å²) in [5.74, 6) is -0.377. The van der Waals surface area contributed by atoms with Crippen LogP contribution in [0.1, 0.15) is 55.1 Å². The van der Waals surface area contributed by atoms with Gasteiger partial charge < -0.3 is 9.88 Å². The minimum atomic E-state index is -0.531. The van der Waals surface area contributed by atoms with Gasteiger partial charge >= 0.3 is 5.69 Å². The summed E-state index contributed by atoms with van der Waals surface area (Å²) in [5, 5.41) is 4.85. The molecule has 0 spiro atoms. The third-order valence-corrected chi connectivity index (χ3v) is 7.55. The standard InChI is InChI=1S/C25H27N5O3S/c1-17(20-12-7-13-34-20)27-21(31)15-29-24(32)22-23(26-16-30(22)19-10-5-6-11-19)28(25(29)33)14-18-8-3-2-4-9-18/h2-4,7-9,12-13,16-17,19H,5-6,10-11,14-15H2,1H3,(H,27,31). The molecule has 4 aromatic rings. The van der Waals surface area contributed by atoms with Crippen molar-refractivity contribution in [3.8, 4) is 0 Å². The molecule has 0 aliphatic heterocycles. The van der Waals surface area contributed by atoms with Gasteiger partial charge in [-0.3, -0.25) is 14.2 Å². The van der Waals surface area contributed by atoms with Gasteiger partial charge in [0.05, 0.1) is 18.9 Å². The number of rotatable bonds is 7. The fraction of sp³-hybridized carbons (Fsp3) is 0.360. The second-order valence-corrected chi connectivity index (χ2v) is 9.79. The molecular weight excluding hydrogens is 450 g/mol. The SMILES string of the molecule is CC(NC(=O)Cn1c(=O)c2c(ncn2C2CCCC2)n(Cc2ccccc2)c1=O)c1cccs1. The number of carbonyl (C=O) groups is 1. The van der Waals surface area contributed by atoms with E-state index < -0.39 is 11.2 Å². The molecule has 1 N–H and O–H groups in total. The van der Waals surface area contributed by atoms with Gasteiger partial charge in [-0.2, -0.15) is 0 Å². The van der Waals surface area contributed by atoms with Crippen molar-refractivity contribution in [3.05, 3.63) is 85.5 Å². The van der Waals surface area contributed by atoms with Crippen LogP contribution >= 0.6 is 11.3 Å². The number of benzene rings is 1. The normalized spacial score (nSPS) is 15.1. The molecule has 34 heavy (non-hydrogen) atoms. The Morgan fingerprint density at radius 1 is 1.12 bits per heavy atom. The monoisotopic (exact) mass is 477 g/mol. The second-order valence-electron chi connectivity index (χ2n) is 8.81. The first-order valence-electron chi connectivity index (χ1n) is 11.6. The lowest BCUT2D eigenvalue weighted by molar-refractivity contribution is -0.122. The minimum Gasteiger partial charge on any atom is -0.347 e. The molecule has 1 aromatic carbocycles. The lowest BCUT2D eigenvalue weighted by Crippen LogP contribution is -2.44. The highest BCUT2D eigenvalue weighted by Gasteiger charge is 2.25. The van der Waals surface area contributed by atoms with Gasteiger partial charge in [-0.05, 0) is 36.8 Å². The molecule has 1 fully saturated rings. The van der Waals surface area contributed by atoms with Crippen molar-refractivity contribution < 1.29 is 4.79 Å². The molecule has 9 heteroatoms. The summed E-state index contributed by atoms with van der Waals surface area (Å²) < 4.78 is 4.47. The molecular formula is C25H27N5O3S. The Morgan fingerprint density at radius 2 is 1.88 bits per heavy atom. The summed E-state index contributed by atoms with van der Waals surface area (Å²) in [4.78, 5) is 45.4. The number of hydrogen-bond acceptors (Lipinski definition) is 5. The number of nitrogens with zero attached hydrogens (tertiary/aromatic N) is 4. The van der Waals surface area contributed by atoms with Crippen LogP contribution in [-0.2, 0) is 17.9 Å². The Balaban J connectivity index is 1.57. The fourth-order valence-corrected chi connectivity index (χ4v) is 5.49. The van der Waals surface area contributed by atoms with Gasteiger partial charge in [-0.1, -0.05) is 49.2 Å². The van der Waals surface area contributed by atoms with Crippen LogP contribution < -0.4 is 16.6 Å². The molecule has 1 atom stereocenters. The third kappa shape index (κ3) is 4.23. The first-order valence-corrected chi connectivity index (χ1v) is 12.5. The molecule has 3 aromatic heterocycles. The first kappa shape index (κ1) is 22.3. The van der Waals surface area contributed by atoms with E-state index in [1.54, 1.807) is 17.7 Å². The van der Waals surface area contributed by atoms with Gasteiger partial charge in [0, 0.05) is 10.9 Å². The van der Waals surface area contributed by atoms with Crippen molar-refractivity contribution >= 4 is 28.4 Å². The molecule has 1 aliphatic carbocycles. The van der Waals surface area contributed by atoms with Crippen molar-refractivity contribution in [2.45, 2.75) is 57.8 Å². The van der Waals surface area contributed by atoms with Crippen molar-refractivity contribution in [1.29, 1.82) is 0 Å².